The largest absolute Gasteiger partial charge is 0.466 e. The fraction of sp³-hybridized carbons (Fsp3) is 0.480. The minimum atomic E-state index is -0.309. The zero-order chi connectivity index (χ0) is 20.2. The van der Waals surface area contributed by atoms with Crippen molar-refractivity contribution >= 4 is 5.71 Å². The molecule has 0 aliphatic carbocycles. The Morgan fingerprint density at radius 2 is 1.86 bits per heavy atom. The van der Waals surface area contributed by atoms with Gasteiger partial charge in [-0.15, -0.1) is 0 Å². The number of aryl methyl sites for hydroxylation is 2. The number of rotatable bonds is 2. The average Bonchev–Trinajstić information content (AvgIpc) is 3.17. The highest BCUT2D eigenvalue weighted by atomic mass is 16.5. The van der Waals surface area contributed by atoms with Gasteiger partial charge in [0.25, 0.3) is 0 Å². The molecule has 3 aliphatic heterocycles. The zero-order valence-corrected chi connectivity index (χ0v) is 18.0. The number of hydrazone groups is 1. The average molecular weight is 391 g/mol. The lowest BCUT2D eigenvalue weighted by Crippen LogP contribution is -3.16. The molecule has 4 nitrogen and oxygen atoms in total. The molecule has 5 rings (SSSR count). The van der Waals surface area contributed by atoms with Crippen molar-refractivity contribution in [3.05, 3.63) is 64.7 Å². The number of fused-ring (bicyclic) bond motifs is 4. The van der Waals surface area contributed by atoms with E-state index in [0.29, 0.717) is 6.04 Å². The lowest BCUT2D eigenvalue weighted by Gasteiger charge is -2.50. The molecule has 2 aromatic carbocycles. The van der Waals surface area contributed by atoms with Crippen molar-refractivity contribution in [1.29, 1.82) is 0 Å². The Hall–Kier alpha value is -2.33. The molecule has 0 aromatic heterocycles. The molecule has 1 saturated heterocycles. The maximum Gasteiger partial charge on any atom is 0.208 e. The molecule has 0 unspecified atom stereocenters. The number of hydrogen-bond acceptors (Lipinski definition) is 3. The van der Waals surface area contributed by atoms with E-state index >= 15 is 0 Å². The standard InChI is InChI=1S/C25H31N3O/c1-17(2)27-13-11-25(12-14-27)28-23(20-7-5-6-8-24(20)29-25)16-22(26-28)21-15-18(3)9-10-19(21)4/h5-10,15,17,23H,11-14,16H2,1-4H3/p+1/t23-/m0/s1. The summed E-state index contributed by atoms with van der Waals surface area (Å²) in [4.78, 5) is 1.67. The lowest BCUT2D eigenvalue weighted by atomic mass is 9.90. The number of piperidine rings is 1. The predicted octanol–water partition coefficient (Wildman–Crippen LogP) is 3.63. The summed E-state index contributed by atoms with van der Waals surface area (Å²) in [5.41, 5.74) is 6.05. The van der Waals surface area contributed by atoms with E-state index in [1.165, 1.54) is 28.0 Å². The lowest BCUT2D eigenvalue weighted by molar-refractivity contribution is -0.929. The highest BCUT2D eigenvalue weighted by Crippen LogP contribution is 2.49. The summed E-state index contributed by atoms with van der Waals surface area (Å²) >= 11 is 0. The normalized spacial score (nSPS) is 28.2. The van der Waals surface area contributed by atoms with Crippen molar-refractivity contribution in [3.63, 3.8) is 0 Å². The van der Waals surface area contributed by atoms with Gasteiger partial charge in [0, 0.05) is 17.5 Å². The highest BCUT2D eigenvalue weighted by Gasteiger charge is 2.53. The van der Waals surface area contributed by atoms with Gasteiger partial charge in [0.15, 0.2) is 0 Å². The van der Waals surface area contributed by atoms with Gasteiger partial charge in [-0.1, -0.05) is 35.9 Å². The second kappa shape index (κ2) is 6.88. The number of nitrogens with zero attached hydrogens (tertiary/aromatic N) is 2. The number of benzene rings is 2. The van der Waals surface area contributed by atoms with Gasteiger partial charge in [0.1, 0.15) is 5.75 Å². The molecule has 152 valence electrons. The summed E-state index contributed by atoms with van der Waals surface area (Å²) in [6.07, 6.45) is 3.00. The predicted molar refractivity (Wildman–Crippen MR) is 117 cm³/mol. The molecule has 0 amide bonds. The van der Waals surface area contributed by atoms with Gasteiger partial charge in [-0.05, 0) is 45.4 Å². The minimum Gasteiger partial charge on any atom is -0.466 e. The van der Waals surface area contributed by atoms with E-state index in [4.69, 9.17) is 9.84 Å². The smallest absolute Gasteiger partial charge is 0.208 e. The van der Waals surface area contributed by atoms with Gasteiger partial charge in [-0.25, -0.2) is 5.01 Å². The van der Waals surface area contributed by atoms with E-state index in [1.807, 2.05) is 0 Å². The fourth-order valence-corrected chi connectivity index (χ4v) is 5.31. The van der Waals surface area contributed by atoms with Gasteiger partial charge < -0.3 is 9.64 Å². The van der Waals surface area contributed by atoms with Crippen LogP contribution in [-0.2, 0) is 0 Å². The van der Waals surface area contributed by atoms with Crippen LogP contribution in [0.15, 0.2) is 47.6 Å². The first-order valence-electron chi connectivity index (χ1n) is 11.0. The molecule has 29 heavy (non-hydrogen) atoms. The first-order valence-corrected chi connectivity index (χ1v) is 11.0. The molecule has 3 aliphatic rings. The molecule has 1 atom stereocenters. The van der Waals surface area contributed by atoms with Crippen LogP contribution in [0, 0.1) is 13.8 Å². The fourth-order valence-electron chi connectivity index (χ4n) is 5.31. The van der Waals surface area contributed by atoms with E-state index in [1.54, 1.807) is 4.90 Å². The maximum atomic E-state index is 6.75. The number of quaternary nitrogens is 1. The van der Waals surface area contributed by atoms with Crippen molar-refractivity contribution in [2.24, 2.45) is 5.10 Å². The van der Waals surface area contributed by atoms with Crippen molar-refractivity contribution in [1.82, 2.24) is 5.01 Å². The summed E-state index contributed by atoms with van der Waals surface area (Å²) in [7, 11) is 0. The van der Waals surface area contributed by atoms with Crippen LogP contribution in [0.5, 0.6) is 5.75 Å². The van der Waals surface area contributed by atoms with Crippen LogP contribution >= 0.6 is 0 Å². The topological polar surface area (TPSA) is 29.3 Å². The van der Waals surface area contributed by atoms with Gasteiger partial charge >= 0.3 is 0 Å². The Morgan fingerprint density at radius 3 is 2.62 bits per heavy atom. The van der Waals surface area contributed by atoms with Crippen molar-refractivity contribution in [2.75, 3.05) is 13.1 Å². The third kappa shape index (κ3) is 3.05. The van der Waals surface area contributed by atoms with Gasteiger partial charge in [-0.3, -0.25) is 0 Å². The molecule has 4 heteroatoms. The quantitative estimate of drug-likeness (QED) is 0.848. The second-order valence-electron chi connectivity index (χ2n) is 9.33. The third-order valence-corrected chi connectivity index (χ3v) is 7.10. The first kappa shape index (κ1) is 18.7. The van der Waals surface area contributed by atoms with Crippen LogP contribution in [0.1, 0.15) is 61.4 Å². The van der Waals surface area contributed by atoms with Gasteiger partial charge in [0.2, 0.25) is 5.72 Å². The SMILES string of the molecule is Cc1ccc(C)c(C2=NN3[C@@H](C2)c2ccccc2OC32CC[NH+](C(C)C)CC2)c1. The van der Waals surface area contributed by atoms with E-state index in [2.05, 4.69) is 75.2 Å². The van der Waals surface area contributed by atoms with Crippen molar-refractivity contribution in [2.45, 2.75) is 64.8 Å². The molecule has 0 bridgehead atoms. The molecule has 2 aromatic rings. The Kier molecular flexibility index (Phi) is 4.43. The highest BCUT2D eigenvalue weighted by molar-refractivity contribution is 6.03. The van der Waals surface area contributed by atoms with Crippen LogP contribution in [0.25, 0.3) is 0 Å². The van der Waals surface area contributed by atoms with Crippen LogP contribution in [-0.4, -0.2) is 35.6 Å². The van der Waals surface area contributed by atoms with Crippen LogP contribution in [0.2, 0.25) is 0 Å². The summed E-state index contributed by atoms with van der Waals surface area (Å²) in [6.45, 7) is 11.3. The molecule has 1 fully saturated rings. The molecule has 3 heterocycles. The van der Waals surface area contributed by atoms with Gasteiger partial charge in [0.05, 0.1) is 43.7 Å². The maximum absolute atomic E-state index is 6.75. The Balaban J connectivity index is 1.56. The molecule has 0 saturated carbocycles. The second-order valence-corrected chi connectivity index (χ2v) is 9.33. The van der Waals surface area contributed by atoms with E-state index in [9.17, 15) is 0 Å². The molecular weight excluding hydrogens is 358 g/mol. The molecule has 1 N–H and O–H groups in total. The number of ether oxygens (including phenoxy) is 1. The summed E-state index contributed by atoms with van der Waals surface area (Å²) < 4.78 is 6.75. The molecule has 0 radical (unpaired) electrons. The third-order valence-electron chi connectivity index (χ3n) is 7.10. The van der Waals surface area contributed by atoms with Crippen LogP contribution in [0.3, 0.4) is 0 Å². The Morgan fingerprint density at radius 1 is 1.10 bits per heavy atom. The van der Waals surface area contributed by atoms with Crippen LogP contribution < -0.4 is 9.64 Å². The van der Waals surface area contributed by atoms with Crippen molar-refractivity contribution in [3.8, 4) is 5.75 Å². The van der Waals surface area contributed by atoms with E-state index in [-0.39, 0.29) is 11.8 Å². The van der Waals surface area contributed by atoms with Crippen molar-refractivity contribution < 1.29 is 9.64 Å². The van der Waals surface area contributed by atoms with Gasteiger partial charge in [-0.2, -0.15) is 5.10 Å². The Labute approximate surface area is 174 Å². The monoisotopic (exact) mass is 390 g/mol. The van der Waals surface area contributed by atoms with Crippen LogP contribution in [0.4, 0.5) is 0 Å². The molecule has 1 spiro atoms. The number of nitrogens with one attached hydrogen (secondary N) is 1. The zero-order valence-electron chi connectivity index (χ0n) is 18.0. The summed E-state index contributed by atoms with van der Waals surface area (Å²) in [5, 5.41) is 7.58. The number of likely N-dealkylation sites (tertiary alicyclic amines) is 1. The number of para-hydroxylation sites is 1. The summed E-state index contributed by atoms with van der Waals surface area (Å²) in [6, 6.07) is 16.2. The first-order chi connectivity index (χ1) is 14.0. The summed E-state index contributed by atoms with van der Waals surface area (Å²) in [5.74, 6) is 1.05. The van der Waals surface area contributed by atoms with E-state index < -0.39 is 0 Å². The minimum absolute atomic E-state index is 0.274. The Bertz CT molecular complexity index is 956. The molecular formula is C25H32N3O+. The van der Waals surface area contributed by atoms with E-state index in [0.717, 1.165) is 38.1 Å². The number of hydrogen-bond donors (Lipinski definition) is 1.